The first-order valence-corrected chi connectivity index (χ1v) is 8.62. The van der Waals surface area contributed by atoms with E-state index in [4.69, 9.17) is 15.5 Å². The van der Waals surface area contributed by atoms with Crippen molar-refractivity contribution in [2.75, 3.05) is 43.9 Å². The van der Waals surface area contributed by atoms with E-state index in [0.717, 1.165) is 30.5 Å². The Balaban J connectivity index is 1.65. The third kappa shape index (κ3) is 2.69. The van der Waals surface area contributed by atoms with E-state index in [1.807, 2.05) is 7.05 Å². The molecule has 0 aromatic carbocycles. The SMILES string of the molecule is CO[C@H]1C[C@@H](CN2CCCC2)N(c2nc(N)c3cnn(C)c3n2)C1. The standard InChI is InChI=1S/C16H25N7O/c1-21-15-13(8-18-21)14(17)19-16(20-15)23-10-12(24-2)7-11(23)9-22-5-3-4-6-22/h8,11-12H,3-7,9-10H2,1-2H3,(H2,17,19,20)/t11-,12-/m0/s1. The third-order valence-electron chi connectivity index (χ3n) is 5.24. The number of anilines is 2. The van der Waals surface area contributed by atoms with Crippen molar-refractivity contribution >= 4 is 22.8 Å². The van der Waals surface area contributed by atoms with Gasteiger partial charge in [0.1, 0.15) is 5.82 Å². The van der Waals surface area contributed by atoms with Crippen LogP contribution in [-0.2, 0) is 11.8 Å². The van der Waals surface area contributed by atoms with Gasteiger partial charge in [0.2, 0.25) is 5.95 Å². The van der Waals surface area contributed by atoms with Crippen LogP contribution in [0.4, 0.5) is 11.8 Å². The number of nitrogens with two attached hydrogens (primary N) is 1. The minimum absolute atomic E-state index is 0.213. The molecule has 2 aromatic rings. The summed E-state index contributed by atoms with van der Waals surface area (Å²) in [6.45, 7) is 4.21. The molecule has 0 amide bonds. The summed E-state index contributed by atoms with van der Waals surface area (Å²) in [6.07, 6.45) is 5.53. The van der Waals surface area contributed by atoms with Gasteiger partial charge in [-0.1, -0.05) is 0 Å². The number of likely N-dealkylation sites (tertiary alicyclic amines) is 1. The Morgan fingerprint density at radius 1 is 1.29 bits per heavy atom. The fourth-order valence-electron chi connectivity index (χ4n) is 3.89. The lowest BCUT2D eigenvalue weighted by Crippen LogP contribution is -2.40. The van der Waals surface area contributed by atoms with Gasteiger partial charge < -0.3 is 20.3 Å². The maximum atomic E-state index is 6.14. The summed E-state index contributed by atoms with van der Waals surface area (Å²) in [5.41, 5.74) is 6.92. The molecule has 130 valence electrons. The van der Waals surface area contributed by atoms with Gasteiger partial charge in [-0.3, -0.25) is 4.68 Å². The Labute approximate surface area is 141 Å². The minimum atomic E-state index is 0.213. The molecule has 0 bridgehead atoms. The number of hydrogen-bond acceptors (Lipinski definition) is 7. The number of aromatic nitrogens is 4. The van der Waals surface area contributed by atoms with Crippen molar-refractivity contribution in [2.45, 2.75) is 31.4 Å². The molecule has 2 saturated heterocycles. The summed E-state index contributed by atoms with van der Waals surface area (Å²) in [7, 11) is 3.66. The lowest BCUT2D eigenvalue weighted by atomic mass is 10.2. The average Bonchev–Trinajstić information content (AvgIpc) is 3.29. The van der Waals surface area contributed by atoms with E-state index < -0.39 is 0 Å². The molecule has 2 fully saturated rings. The van der Waals surface area contributed by atoms with Crippen LogP contribution in [0.5, 0.6) is 0 Å². The highest BCUT2D eigenvalue weighted by Crippen LogP contribution is 2.28. The first-order chi connectivity index (χ1) is 11.7. The Morgan fingerprint density at radius 2 is 2.08 bits per heavy atom. The van der Waals surface area contributed by atoms with Crippen LogP contribution < -0.4 is 10.6 Å². The molecular formula is C16H25N7O. The molecule has 4 rings (SSSR count). The van der Waals surface area contributed by atoms with Gasteiger partial charge in [-0.2, -0.15) is 15.1 Å². The normalized spacial score (nSPS) is 25.2. The van der Waals surface area contributed by atoms with Crippen molar-refractivity contribution in [3.05, 3.63) is 6.20 Å². The second kappa shape index (κ2) is 6.18. The molecule has 8 heteroatoms. The van der Waals surface area contributed by atoms with Crippen LogP contribution in [-0.4, -0.2) is 70.1 Å². The number of hydrogen-bond donors (Lipinski definition) is 1. The first-order valence-electron chi connectivity index (χ1n) is 8.62. The lowest BCUT2D eigenvalue weighted by Gasteiger charge is -2.28. The van der Waals surface area contributed by atoms with Crippen LogP contribution in [0.3, 0.4) is 0 Å². The zero-order chi connectivity index (χ0) is 16.7. The van der Waals surface area contributed by atoms with Gasteiger partial charge in [0, 0.05) is 33.3 Å². The Hall–Kier alpha value is -1.93. The van der Waals surface area contributed by atoms with E-state index in [9.17, 15) is 0 Å². The van der Waals surface area contributed by atoms with Gasteiger partial charge in [0.05, 0.1) is 17.7 Å². The van der Waals surface area contributed by atoms with Gasteiger partial charge in [0.25, 0.3) is 0 Å². The van der Waals surface area contributed by atoms with Gasteiger partial charge in [-0.05, 0) is 32.4 Å². The highest BCUT2D eigenvalue weighted by molar-refractivity contribution is 5.86. The molecule has 2 N–H and O–H groups in total. The fraction of sp³-hybridized carbons (Fsp3) is 0.688. The molecular weight excluding hydrogens is 306 g/mol. The van der Waals surface area contributed by atoms with Crippen molar-refractivity contribution in [3.8, 4) is 0 Å². The van der Waals surface area contributed by atoms with Crippen molar-refractivity contribution in [2.24, 2.45) is 7.05 Å². The Bertz CT molecular complexity index is 725. The zero-order valence-electron chi connectivity index (χ0n) is 14.4. The molecule has 0 spiro atoms. The Morgan fingerprint density at radius 3 is 2.83 bits per heavy atom. The fourth-order valence-corrected chi connectivity index (χ4v) is 3.89. The summed E-state index contributed by atoms with van der Waals surface area (Å²) < 4.78 is 7.37. The van der Waals surface area contributed by atoms with Crippen LogP contribution in [0, 0.1) is 0 Å². The predicted octanol–water partition coefficient (Wildman–Crippen LogP) is 0.635. The molecule has 24 heavy (non-hydrogen) atoms. The number of ether oxygens (including phenoxy) is 1. The number of aryl methyl sites for hydroxylation is 1. The molecule has 2 aromatic heterocycles. The second-order valence-corrected chi connectivity index (χ2v) is 6.82. The monoisotopic (exact) mass is 331 g/mol. The molecule has 2 aliphatic rings. The molecule has 8 nitrogen and oxygen atoms in total. The average molecular weight is 331 g/mol. The van der Waals surface area contributed by atoms with Crippen molar-refractivity contribution < 1.29 is 4.74 Å². The number of rotatable bonds is 4. The summed E-state index contributed by atoms with van der Waals surface area (Å²) in [5.74, 6) is 1.18. The summed E-state index contributed by atoms with van der Waals surface area (Å²) >= 11 is 0. The van der Waals surface area contributed by atoms with Crippen molar-refractivity contribution in [1.82, 2.24) is 24.6 Å². The van der Waals surface area contributed by atoms with Gasteiger partial charge >= 0.3 is 0 Å². The highest BCUT2D eigenvalue weighted by Gasteiger charge is 2.35. The van der Waals surface area contributed by atoms with Crippen LogP contribution in [0.15, 0.2) is 6.20 Å². The molecule has 4 heterocycles. The summed E-state index contributed by atoms with van der Waals surface area (Å²) in [4.78, 5) is 14.1. The van der Waals surface area contributed by atoms with Gasteiger partial charge in [-0.15, -0.1) is 0 Å². The number of fused-ring (bicyclic) bond motifs is 1. The van der Waals surface area contributed by atoms with Crippen molar-refractivity contribution in [1.29, 1.82) is 0 Å². The maximum absolute atomic E-state index is 6.14. The largest absolute Gasteiger partial charge is 0.383 e. The van der Waals surface area contributed by atoms with Gasteiger partial charge in [0.15, 0.2) is 5.65 Å². The van der Waals surface area contributed by atoms with E-state index in [2.05, 4.69) is 19.9 Å². The van der Waals surface area contributed by atoms with E-state index in [1.54, 1.807) is 18.0 Å². The van der Waals surface area contributed by atoms with Crippen molar-refractivity contribution in [3.63, 3.8) is 0 Å². The third-order valence-corrected chi connectivity index (χ3v) is 5.24. The summed E-state index contributed by atoms with van der Waals surface area (Å²) in [5, 5.41) is 5.05. The van der Waals surface area contributed by atoms with Crippen LogP contribution >= 0.6 is 0 Å². The van der Waals surface area contributed by atoms with Crippen LogP contribution in [0.2, 0.25) is 0 Å². The number of nitrogens with zero attached hydrogens (tertiary/aromatic N) is 6. The minimum Gasteiger partial charge on any atom is -0.383 e. The van der Waals surface area contributed by atoms with Gasteiger partial charge in [-0.25, -0.2) is 0 Å². The summed E-state index contributed by atoms with van der Waals surface area (Å²) in [6, 6.07) is 0.359. The molecule has 2 aliphatic heterocycles. The number of methoxy groups -OCH3 is 1. The van der Waals surface area contributed by atoms with Crippen LogP contribution in [0.25, 0.3) is 11.0 Å². The molecule has 0 saturated carbocycles. The van der Waals surface area contributed by atoms with E-state index in [-0.39, 0.29) is 6.10 Å². The number of nitrogen functional groups attached to an aromatic ring is 1. The molecule has 2 atom stereocenters. The second-order valence-electron chi connectivity index (χ2n) is 6.82. The Kier molecular flexibility index (Phi) is 4.01. The predicted molar refractivity (Wildman–Crippen MR) is 92.9 cm³/mol. The quantitative estimate of drug-likeness (QED) is 0.879. The molecule has 0 radical (unpaired) electrons. The zero-order valence-corrected chi connectivity index (χ0v) is 14.4. The first kappa shape index (κ1) is 15.6. The maximum Gasteiger partial charge on any atom is 0.229 e. The van der Waals surface area contributed by atoms with E-state index in [0.29, 0.717) is 17.8 Å². The topological polar surface area (TPSA) is 85.3 Å². The smallest absolute Gasteiger partial charge is 0.229 e. The molecule has 0 unspecified atom stereocenters. The lowest BCUT2D eigenvalue weighted by molar-refractivity contribution is 0.116. The molecule has 0 aliphatic carbocycles. The highest BCUT2D eigenvalue weighted by atomic mass is 16.5. The van der Waals surface area contributed by atoms with E-state index in [1.165, 1.54) is 25.9 Å². The van der Waals surface area contributed by atoms with E-state index >= 15 is 0 Å². The van der Waals surface area contributed by atoms with Crippen LogP contribution in [0.1, 0.15) is 19.3 Å².